The summed E-state index contributed by atoms with van der Waals surface area (Å²) in [5.41, 5.74) is 0.627. The van der Waals surface area contributed by atoms with Crippen molar-refractivity contribution in [3.63, 3.8) is 0 Å². The van der Waals surface area contributed by atoms with Gasteiger partial charge in [0.25, 0.3) is 0 Å². The second-order valence-electron chi connectivity index (χ2n) is 4.56. The topological polar surface area (TPSA) is 52.0 Å². The largest absolute Gasteiger partial charge is 0.353 e. The first-order valence-electron chi connectivity index (χ1n) is 5.72. The van der Waals surface area contributed by atoms with Crippen molar-refractivity contribution in [2.75, 3.05) is 18.0 Å². The van der Waals surface area contributed by atoms with Gasteiger partial charge in [0, 0.05) is 31.4 Å². The van der Waals surface area contributed by atoms with E-state index in [1.165, 1.54) is 12.8 Å². The van der Waals surface area contributed by atoms with Crippen LogP contribution in [0.5, 0.6) is 0 Å². The molecule has 2 bridgehead atoms. The average molecular weight is 214 g/mol. The third-order valence-electron chi connectivity index (χ3n) is 3.42. The summed E-state index contributed by atoms with van der Waals surface area (Å²) in [5, 5.41) is 12.3. The number of pyridine rings is 1. The first-order chi connectivity index (χ1) is 7.85. The highest BCUT2D eigenvalue weighted by Crippen LogP contribution is 2.23. The van der Waals surface area contributed by atoms with Crippen LogP contribution in [-0.2, 0) is 0 Å². The summed E-state index contributed by atoms with van der Waals surface area (Å²) in [5.74, 6) is 0.998. The van der Waals surface area contributed by atoms with Crippen LogP contribution in [0.15, 0.2) is 18.3 Å². The number of aromatic nitrogens is 1. The lowest BCUT2D eigenvalue weighted by molar-refractivity contribution is 0.463. The van der Waals surface area contributed by atoms with Crippen LogP contribution in [0.4, 0.5) is 5.82 Å². The Labute approximate surface area is 94.9 Å². The van der Waals surface area contributed by atoms with Crippen LogP contribution in [-0.4, -0.2) is 30.2 Å². The lowest BCUT2D eigenvalue weighted by Crippen LogP contribution is -2.51. The Morgan fingerprint density at radius 3 is 2.62 bits per heavy atom. The second kappa shape index (κ2) is 3.76. The van der Waals surface area contributed by atoms with Crippen LogP contribution in [0.1, 0.15) is 18.4 Å². The molecule has 3 heterocycles. The molecule has 1 aromatic rings. The lowest BCUT2D eigenvalue weighted by atomic mass is 10.2. The van der Waals surface area contributed by atoms with E-state index < -0.39 is 0 Å². The van der Waals surface area contributed by atoms with Crippen LogP contribution in [0, 0.1) is 11.3 Å². The van der Waals surface area contributed by atoms with E-state index in [-0.39, 0.29) is 0 Å². The van der Waals surface area contributed by atoms with E-state index in [9.17, 15) is 0 Å². The third-order valence-corrected chi connectivity index (χ3v) is 3.42. The van der Waals surface area contributed by atoms with E-state index >= 15 is 0 Å². The van der Waals surface area contributed by atoms with Gasteiger partial charge >= 0.3 is 0 Å². The fourth-order valence-electron chi connectivity index (χ4n) is 2.62. The summed E-state index contributed by atoms with van der Waals surface area (Å²) in [6, 6.07) is 7.12. The monoisotopic (exact) mass is 214 g/mol. The normalized spacial score (nSPS) is 27.8. The molecule has 1 aromatic heterocycles. The van der Waals surface area contributed by atoms with Crippen molar-refractivity contribution in [1.82, 2.24) is 10.3 Å². The first-order valence-corrected chi connectivity index (χ1v) is 5.72. The minimum atomic E-state index is 0.621. The van der Waals surface area contributed by atoms with Crippen molar-refractivity contribution in [2.24, 2.45) is 0 Å². The molecule has 0 spiro atoms. The molecule has 4 heteroatoms. The summed E-state index contributed by atoms with van der Waals surface area (Å²) in [6.45, 7) is 2.07. The molecule has 2 saturated heterocycles. The zero-order chi connectivity index (χ0) is 11.0. The Morgan fingerprint density at radius 1 is 1.31 bits per heavy atom. The first kappa shape index (κ1) is 9.61. The van der Waals surface area contributed by atoms with Crippen molar-refractivity contribution in [3.8, 4) is 6.07 Å². The third kappa shape index (κ3) is 1.63. The molecule has 0 unspecified atom stereocenters. The van der Waals surface area contributed by atoms with Gasteiger partial charge < -0.3 is 10.2 Å². The van der Waals surface area contributed by atoms with Gasteiger partial charge in [0.15, 0.2) is 0 Å². The smallest absolute Gasteiger partial charge is 0.128 e. The molecule has 1 N–H and O–H groups in total. The van der Waals surface area contributed by atoms with Crippen LogP contribution >= 0.6 is 0 Å². The van der Waals surface area contributed by atoms with Crippen molar-refractivity contribution < 1.29 is 0 Å². The number of piperazine rings is 1. The number of anilines is 1. The summed E-state index contributed by atoms with van der Waals surface area (Å²) < 4.78 is 0. The quantitative estimate of drug-likeness (QED) is 0.754. The van der Waals surface area contributed by atoms with E-state index in [2.05, 4.69) is 21.3 Å². The molecular weight excluding hydrogens is 200 g/mol. The Morgan fingerprint density at radius 2 is 2.06 bits per heavy atom. The highest BCUT2D eigenvalue weighted by atomic mass is 15.3. The minimum absolute atomic E-state index is 0.621. The van der Waals surface area contributed by atoms with Gasteiger partial charge in [-0.2, -0.15) is 5.26 Å². The van der Waals surface area contributed by atoms with E-state index in [1.807, 2.05) is 12.1 Å². The summed E-state index contributed by atoms with van der Waals surface area (Å²) in [4.78, 5) is 6.66. The molecule has 3 rings (SSSR count). The van der Waals surface area contributed by atoms with Gasteiger partial charge in [-0.3, -0.25) is 0 Å². The Kier molecular flexibility index (Phi) is 2.26. The predicted octanol–water partition coefficient (Wildman–Crippen LogP) is 0.894. The minimum Gasteiger partial charge on any atom is -0.353 e. The van der Waals surface area contributed by atoms with Crippen LogP contribution < -0.4 is 10.2 Å². The summed E-state index contributed by atoms with van der Waals surface area (Å²) in [7, 11) is 0. The maximum atomic E-state index is 8.72. The molecule has 82 valence electrons. The number of hydrogen-bond acceptors (Lipinski definition) is 4. The zero-order valence-electron chi connectivity index (χ0n) is 9.06. The highest BCUT2D eigenvalue weighted by Gasteiger charge is 2.32. The van der Waals surface area contributed by atoms with Gasteiger partial charge in [-0.1, -0.05) is 0 Å². The second-order valence-corrected chi connectivity index (χ2v) is 4.56. The van der Waals surface area contributed by atoms with E-state index in [1.54, 1.807) is 6.20 Å². The molecule has 0 aliphatic carbocycles. The summed E-state index contributed by atoms with van der Waals surface area (Å²) >= 11 is 0. The molecule has 16 heavy (non-hydrogen) atoms. The molecule has 2 fully saturated rings. The Hall–Kier alpha value is -1.60. The SMILES string of the molecule is N#Cc1ccc(N2C[C@H]3CC[C@@H](C2)N3)nc1. The van der Waals surface area contributed by atoms with Gasteiger partial charge in [0.2, 0.25) is 0 Å². The van der Waals surface area contributed by atoms with Gasteiger partial charge in [0.05, 0.1) is 5.56 Å². The van der Waals surface area contributed by atoms with Crippen LogP contribution in [0.2, 0.25) is 0 Å². The molecule has 0 radical (unpaired) electrons. The number of nitrogens with zero attached hydrogens (tertiary/aromatic N) is 3. The van der Waals surface area contributed by atoms with E-state index in [0.29, 0.717) is 17.6 Å². The number of fused-ring (bicyclic) bond motifs is 2. The molecule has 0 saturated carbocycles. The van der Waals surface area contributed by atoms with E-state index in [4.69, 9.17) is 5.26 Å². The predicted molar refractivity (Wildman–Crippen MR) is 61.1 cm³/mol. The molecule has 0 amide bonds. The number of rotatable bonds is 1. The maximum Gasteiger partial charge on any atom is 0.128 e. The molecule has 2 atom stereocenters. The van der Waals surface area contributed by atoms with Gasteiger partial charge in [0.1, 0.15) is 11.9 Å². The van der Waals surface area contributed by atoms with Gasteiger partial charge in [-0.05, 0) is 25.0 Å². The van der Waals surface area contributed by atoms with Crippen molar-refractivity contribution in [3.05, 3.63) is 23.9 Å². The standard InChI is InChI=1S/C12H14N4/c13-5-9-1-4-12(14-6-9)16-7-10-2-3-11(8-16)15-10/h1,4,6,10-11,15H,2-3,7-8H2/t10-,11+. The van der Waals surface area contributed by atoms with Crippen molar-refractivity contribution in [2.45, 2.75) is 24.9 Å². The number of nitriles is 1. The fraction of sp³-hybridized carbons (Fsp3) is 0.500. The molecule has 4 nitrogen and oxygen atoms in total. The van der Waals surface area contributed by atoms with Crippen molar-refractivity contribution >= 4 is 5.82 Å². The van der Waals surface area contributed by atoms with E-state index in [0.717, 1.165) is 18.9 Å². The Bertz CT molecular complexity index is 408. The number of hydrogen-bond donors (Lipinski definition) is 1. The molecular formula is C12H14N4. The van der Waals surface area contributed by atoms with Crippen LogP contribution in [0.3, 0.4) is 0 Å². The Balaban J connectivity index is 1.79. The molecule has 2 aliphatic rings. The molecule has 2 aliphatic heterocycles. The zero-order valence-corrected chi connectivity index (χ0v) is 9.06. The maximum absolute atomic E-state index is 8.72. The lowest BCUT2D eigenvalue weighted by Gasteiger charge is -2.33. The average Bonchev–Trinajstić information content (AvgIpc) is 2.68. The number of nitrogens with one attached hydrogen (secondary N) is 1. The van der Waals surface area contributed by atoms with Gasteiger partial charge in [-0.15, -0.1) is 0 Å². The summed E-state index contributed by atoms with van der Waals surface area (Å²) in [6.07, 6.45) is 4.20. The van der Waals surface area contributed by atoms with Crippen molar-refractivity contribution in [1.29, 1.82) is 5.26 Å². The van der Waals surface area contributed by atoms with Crippen LogP contribution in [0.25, 0.3) is 0 Å². The highest BCUT2D eigenvalue weighted by molar-refractivity contribution is 5.43. The van der Waals surface area contributed by atoms with Gasteiger partial charge in [-0.25, -0.2) is 4.98 Å². The molecule has 0 aromatic carbocycles. The fourth-order valence-corrected chi connectivity index (χ4v) is 2.62.